The number of thiazole rings is 1. The Bertz CT molecular complexity index is 557. The van der Waals surface area contributed by atoms with Crippen LogP contribution in [-0.4, -0.2) is 65.4 Å². The second-order valence-corrected chi connectivity index (χ2v) is 6.89. The summed E-state index contributed by atoms with van der Waals surface area (Å²) in [7, 11) is 3.52. The molecule has 21 heavy (non-hydrogen) atoms. The van der Waals surface area contributed by atoms with Crippen molar-refractivity contribution in [3.63, 3.8) is 0 Å². The SMILES string of the molecule is Cc1nc([C@@H](C)N(C)C(=O)CN2CCN(C)C2=O)c(C)s1. The lowest BCUT2D eigenvalue weighted by atomic mass is 10.2. The Morgan fingerprint density at radius 3 is 2.57 bits per heavy atom. The molecule has 6 nitrogen and oxygen atoms in total. The predicted octanol–water partition coefficient (Wildman–Crippen LogP) is 1.65. The monoisotopic (exact) mass is 310 g/mol. The lowest BCUT2D eigenvalue weighted by Crippen LogP contribution is -2.41. The summed E-state index contributed by atoms with van der Waals surface area (Å²) in [5.74, 6) is -0.0591. The maximum Gasteiger partial charge on any atom is 0.320 e. The number of carbonyl (C=O) groups excluding carboxylic acids is 2. The van der Waals surface area contributed by atoms with Crippen LogP contribution in [-0.2, 0) is 4.79 Å². The van der Waals surface area contributed by atoms with E-state index in [4.69, 9.17) is 0 Å². The van der Waals surface area contributed by atoms with E-state index in [0.29, 0.717) is 13.1 Å². The van der Waals surface area contributed by atoms with Gasteiger partial charge in [0.1, 0.15) is 6.54 Å². The first kappa shape index (κ1) is 15.8. The molecule has 1 fully saturated rings. The number of hydrogen-bond acceptors (Lipinski definition) is 4. The summed E-state index contributed by atoms with van der Waals surface area (Å²) < 4.78 is 0. The van der Waals surface area contributed by atoms with Crippen molar-refractivity contribution in [3.8, 4) is 0 Å². The van der Waals surface area contributed by atoms with E-state index in [9.17, 15) is 9.59 Å². The van der Waals surface area contributed by atoms with Gasteiger partial charge in [-0.2, -0.15) is 0 Å². The molecule has 0 spiro atoms. The van der Waals surface area contributed by atoms with E-state index in [1.54, 1.807) is 40.1 Å². The maximum absolute atomic E-state index is 12.4. The summed E-state index contributed by atoms with van der Waals surface area (Å²) in [6.45, 7) is 7.37. The molecular weight excluding hydrogens is 288 g/mol. The molecule has 2 rings (SSSR count). The van der Waals surface area contributed by atoms with Gasteiger partial charge in [0.2, 0.25) is 5.91 Å². The van der Waals surface area contributed by atoms with Gasteiger partial charge in [-0.3, -0.25) is 4.79 Å². The van der Waals surface area contributed by atoms with Crippen molar-refractivity contribution in [2.24, 2.45) is 0 Å². The van der Waals surface area contributed by atoms with Crippen LogP contribution in [0, 0.1) is 13.8 Å². The van der Waals surface area contributed by atoms with Crippen LogP contribution in [0.3, 0.4) is 0 Å². The van der Waals surface area contributed by atoms with Crippen molar-refractivity contribution in [2.45, 2.75) is 26.8 Å². The number of aryl methyl sites for hydroxylation is 2. The Hall–Kier alpha value is -1.63. The first-order valence-corrected chi connectivity index (χ1v) is 7.82. The number of aromatic nitrogens is 1. The second kappa shape index (κ2) is 6.01. The molecule has 1 saturated heterocycles. The molecule has 3 amide bonds. The second-order valence-electron chi connectivity index (χ2n) is 5.48. The quantitative estimate of drug-likeness (QED) is 0.849. The third kappa shape index (κ3) is 3.18. The van der Waals surface area contributed by atoms with Crippen LogP contribution in [0.5, 0.6) is 0 Å². The van der Waals surface area contributed by atoms with Gasteiger partial charge in [0.05, 0.1) is 16.7 Å². The molecule has 0 aliphatic carbocycles. The summed E-state index contributed by atoms with van der Waals surface area (Å²) in [5.41, 5.74) is 0.943. The Kier molecular flexibility index (Phi) is 4.51. The Balaban J connectivity index is 2.02. The molecule has 7 heteroatoms. The molecule has 0 bridgehead atoms. The number of carbonyl (C=O) groups is 2. The summed E-state index contributed by atoms with van der Waals surface area (Å²) in [5, 5.41) is 1.01. The lowest BCUT2D eigenvalue weighted by molar-refractivity contribution is -0.132. The van der Waals surface area contributed by atoms with Crippen molar-refractivity contribution in [1.82, 2.24) is 19.7 Å². The van der Waals surface area contributed by atoms with Gasteiger partial charge >= 0.3 is 6.03 Å². The summed E-state index contributed by atoms with van der Waals surface area (Å²) in [6, 6.07) is -0.164. The molecule has 0 radical (unpaired) electrons. The fourth-order valence-corrected chi connectivity index (χ4v) is 3.36. The van der Waals surface area contributed by atoms with E-state index in [1.165, 1.54) is 0 Å². The van der Waals surface area contributed by atoms with E-state index >= 15 is 0 Å². The Morgan fingerprint density at radius 2 is 2.10 bits per heavy atom. The zero-order valence-electron chi connectivity index (χ0n) is 13.2. The minimum absolute atomic E-state index is 0.0591. The fraction of sp³-hybridized carbons (Fsp3) is 0.643. The number of likely N-dealkylation sites (N-methyl/N-ethyl adjacent to an activating group) is 2. The highest BCUT2D eigenvalue weighted by atomic mass is 32.1. The van der Waals surface area contributed by atoms with Gasteiger partial charge < -0.3 is 14.7 Å². The molecular formula is C14H22N4O2S. The highest BCUT2D eigenvalue weighted by Crippen LogP contribution is 2.26. The molecule has 1 aliphatic rings. The number of nitrogens with zero attached hydrogens (tertiary/aromatic N) is 4. The highest BCUT2D eigenvalue weighted by molar-refractivity contribution is 7.11. The smallest absolute Gasteiger partial charge is 0.320 e. The topological polar surface area (TPSA) is 56.8 Å². The molecule has 1 aliphatic heterocycles. The van der Waals surface area contributed by atoms with E-state index < -0.39 is 0 Å². The van der Waals surface area contributed by atoms with Crippen LogP contribution in [0.15, 0.2) is 0 Å². The van der Waals surface area contributed by atoms with E-state index in [-0.39, 0.29) is 24.5 Å². The van der Waals surface area contributed by atoms with Crippen molar-refractivity contribution in [2.75, 3.05) is 33.7 Å². The molecule has 2 heterocycles. The molecule has 0 aromatic carbocycles. The van der Waals surface area contributed by atoms with Gasteiger partial charge in [-0.25, -0.2) is 9.78 Å². The normalized spacial score (nSPS) is 16.5. The molecule has 0 saturated carbocycles. The van der Waals surface area contributed by atoms with Crippen molar-refractivity contribution in [3.05, 3.63) is 15.6 Å². The summed E-state index contributed by atoms with van der Waals surface area (Å²) >= 11 is 1.64. The minimum atomic E-state index is -0.0853. The van der Waals surface area contributed by atoms with Crippen LogP contribution in [0.1, 0.15) is 28.5 Å². The fourth-order valence-electron chi connectivity index (χ4n) is 2.46. The first-order valence-electron chi connectivity index (χ1n) is 7.01. The van der Waals surface area contributed by atoms with Gasteiger partial charge in [0.25, 0.3) is 0 Å². The van der Waals surface area contributed by atoms with E-state index in [1.807, 2.05) is 20.8 Å². The highest BCUT2D eigenvalue weighted by Gasteiger charge is 2.29. The van der Waals surface area contributed by atoms with Gasteiger partial charge in [-0.15, -0.1) is 11.3 Å². The van der Waals surface area contributed by atoms with E-state index in [2.05, 4.69) is 4.98 Å². The van der Waals surface area contributed by atoms with E-state index in [0.717, 1.165) is 15.6 Å². The molecule has 0 unspecified atom stereocenters. The molecule has 1 aromatic heterocycles. The standard InChI is InChI=1S/C14H22N4O2S/c1-9(13-10(2)21-11(3)15-13)17(5)12(19)8-18-7-6-16(4)14(18)20/h9H,6-8H2,1-5H3/t9-/m1/s1. The average Bonchev–Trinajstić information content (AvgIpc) is 2.93. The number of amides is 3. The van der Waals surface area contributed by atoms with Crippen LogP contribution >= 0.6 is 11.3 Å². The third-order valence-corrected chi connectivity index (χ3v) is 4.84. The molecule has 1 aromatic rings. The molecule has 116 valence electrons. The van der Waals surface area contributed by atoms with Crippen molar-refractivity contribution < 1.29 is 9.59 Å². The largest absolute Gasteiger partial charge is 0.336 e. The molecule has 1 atom stereocenters. The molecule has 0 N–H and O–H groups in total. The Labute approximate surface area is 129 Å². The lowest BCUT2D eigenvalue weighted by Gasteiger charge is -2.26. The zero-order valence-corrected chi connectivity index (χ0v) is 14.0. The van der Waals surface area contributed by atoms with Crippen LogP contribution < -0.4 is 0 Å². The number of rotatable bonds is 4. The van der Waals surface area contributed by atoms with Crippen molar-refractivity contribution >= 4 is 23.3 Å². The predicted molar refractivity (Wildman–Crippen MR) is 82.4 cm³/mol. The minimum Gasteiger partial charge on any atom is -0.336 e. The first-order chi connectivity index (χ1) is 9.81. The number of urea groups is 1. The van der Waals surface area contributed by atoms with Crippen LogP contribution in [0.2, 0.25) is 0 Å². The van der Waals surface area contributed by atoms with Crippen LogP contribution in [0.25, 0.3) is 0 Å². The van der Waals surface area contributed by atoms with Gasteiger partial charge in [-0.1, -0.05) is 0 Å². The van der Waals surface area contributed by atoms with Gasteiger partial charge in [0.15, 0.2) is 0 Å². The van der Waals surface area contributed by atoms with Crippen LogP contribution in [0.4, 0.5) is 4.79 Å². The maximum atomic E-state index is 12.4. The summed E-state index contributed by atoms with van der Waals surface area (Å²) in [4.78, 5) is 34.7. The van der Waals surface area contributed by atoms with Gasteiger partial charge in [-0.05, 0) is 20.8 Å². The van der Waals surface area contributed by atoms with Crippen molar-refractivity contribution in [1.29, 1.82) is 0 Å². The third-order valence-electron chi connectivity index (χ3n) is 3.94. The van der Waals surface area contributed by atoms with Gasteiger partial charge in [0, 0.05) is 32.1 Å². The average molecular weight is 310 g/mol. The number of hydrogen-bond donors (Lipinski definition) is 0. The summed E-state index contributed by atoms with van der Waals surface area (Å²) in [6.07, 6.45) is 0. The Morgan fingerprint density at radius 1 is 1.43 bits per heavy atom. The zero-order chi connectivity index (χ0) is 15.7.